The Bertz CT molecular complexity index is 205. The molecule has 0 N–H and O–H groups in total. The van der Waals surface area contributed by atoms with Crippen LogP contribution in [0.25, 0.3) is 0 Å². The van der Waals surface area contributed by atoms with Gasteiger partial charge >= 0.3 is 0 Å². The summed E-state index contributed by atoms with van der Waals surface area (Å²) in [7, 11) is 0. The van der Waals surface area contributed by atoms with E-state index in [1.165, 1.54) is 0 Å². The Balaban J connectivity index is 2.66. The fourth-order valence-electron chi connectivity index (χ4n) is 0.793. The molecule has 0 heterocycles. The van der Waals surface area contributed by atoms with E-state index < -0.39 is 0 Å². The zero-order valence-electron chi connectivity index (χ0n) is 6.22. The minimum Gasteiger partial charge on any atom is -0.494 e. The van der Waals surface area contributed by atoms with Gasteiger partial charge in [0.1, 0.15) is 5.75 Å². The molecule has 0 amide bonds. The first-order valence-corrected chi connectivity index (χ1v) is 3.97. The third kappa shape index (κ3) is 2.43. The molecule has 0 aromatic heterocycles. The molecule has 1 radical (unpaired) electrons. The molecule has 1 rings (SSSR count). The summed E-state index contributed by atoms with van der Waals surface area (Å²) in [5.74, 6) is 1.39. The van der Waals surface area contributed by atoms with Crippen LogP contribution in [0.3, 0.4) is 0 Å². The lowest BCUT2D eigenvalue weighted by molar-refractivity contribution is 0.361. The quantitative estimate of drug-likeness (QED) is 0.633. The first kappa shape index (κ1) is 8.41. The largest absolute Gasteiger partial charge is 0.494 e. The van der Waals surface area contributed by atoms with Gasteiger partial charge < -0.3 is 4.74 Å². The van der Waals surface area contributed by atoms with Gasteiger partial charge in [-0.2, -0.15) is 0 Å². The fraction of sp³-hybridized carbons (Fsp3) is 0.222. The average molecular weight is 170 g/mol. The standard InChI is InChI=1S/C9H10ClO/c1-2-11-9-5-3-8(7-10)4-6-9/h3-6H,1-2,7H2. The summed E-state index contributed by atoms with van der Waals surface area (Å²) in [6.45, 7) is 4.03. The molecule has 2 heteroatoms. The van der Waals surface area contributed by atoms with E-state index >= 15 is 0 Å². The van der Waals surface area contributed by atoms with E-state index in [1.54, 1.807) is 0 Å². The van der Waals surface area contributed by atoms with Crippen LogP contribution >= 0.6 is 11.6 Å². The third-order valence-electron chi connectivity index (χ3n) is 1.35. The SMILES string of the molecule is [CH2]COc1ccc(CCl)cc1. The normalized spacial score (nSPS) is 9.64. The van der Waals surface area contributed by atoms with Crippen molar-refractivity contribution in [3.63, 3.8) is 0 Å². The lowest BCUT2D eigenvalue weighted by Gasteiger charge is -2.02. The summed E-state index contributed by atoms with van der Waals surface area (Å²) in [6, 6.07) is 7.67. The Kier molecular flexibility index (Phi) is 3.24. The van der Waals surface area contributed by atoms with Gasteiger partial charge in [-0.25, -0.2) is 0 Å². The highest BCUT2D eigenvalue weighted by Gasteiger charge is 1.91. The summed E-state index contributed by atoms with van der Waals surface area (Å²) in [4.78, 5) is 0. The van der Waals surface area contributed by atoms with Gasteiger partial charge in [-0.05, 0) is 24.6 Å². The number of halogens is 1. The number of ether oxygens (including phenoxy) is 1. The van der Waals surface area contributed by atoms with Crippen molar-refractivity contribution in [2.75, 3.05) is 6.61 Å². The Hall–Kier alpha value is -0.690. The summed E-state index contributed by atoms with van der Waals surface area (Å²) in [5.41, 5.74) is 1.10. The van der Waals surface area contributed by atoms with E-state index in [0.717, 1.165) is 11.3 Å². The molecule has 0 fully saturated rings. The number of alkyl halides is 1. The molecule has 0 bridgehead atoms. The van der Waals surface area contributed by atoms with Crippen LogP contribution in [0, 0.1) is 6.92 Å². The van der Waals surface area contributed by atoms with Gasteiger partial charge in [0.25, 0.3) is 0 Å². The number of hydrogen-bond donors (Lipinski definition) is 0. The fourth-order valence-corrected chi connectivity index (χ4v) is 0.971. The zero-order valence-corrected chi connectivity index (χ0v) is 6.97. The van der Waals surface area contributed by atoms with Crippen LogP contribution in [0.5, 0.6) is 5.75 Å². The topological polar surface area (TPSA) is 9.23 Å². The summed E-state index contributed by atoms with van der Waals surface area (Å²) in [6.07, 6.45) is 0. The maximum absolute atomic E-state index is 5.60. The van der Waals surface area contributed by atoms with Gasteiger partial charge in [-0.3, -0.25) is 0 Å². The molecule has 0 spiro atoms. The summed E-state index contributed by atoms with van der Waals surface area (Å²) < 4.78 is 5.15. The van der Waals surface area contributed by atoms with Gasteiger partial charge in [0.2, 0.25) is 0 Å². The van der Waals surface area contributed by atoms with E-state index in [2.05, 4.69) is 6.92 Å². The molecule has 0 saturated heterocycles. The van der Waals surface area contributed by atoms with E-state index in [4.69, 9.17) is 16.3 Å². The molecule has 0 aliphatic rings. The Morgan fingerprint density at radius 3 is 2.36 bits per heavy atom. The van der Waals surface area contributed by atoms with Crippen molar-refractivity contribution < 1.29 is 4.74 Å². The van der Waals surface area contributed by atoms with Gasteiger partial charge in [0.05, 0.1) is 6.61 Å². The van der Waals surface area contributed by atoms with Gasteiger partial charge in [0.15, 0.2) is 0 Å². The van der Waals surface area contributed by atoms with Crippen LogP contribution in [0.2, 0.25) is 0 Å². The lowest BCUT2D eigenvalue weighted by Crippen LogP contribution is -1.91. The molecule has 1 aromatic rings. The second-order valence-corrected chi connectivity index (χ2v) is 2.39. The molecule has 0 unspecified atom stereocenters. The Morgan fingerprint density at radius 2 is 1.91 bits per heavy atom. The van der Waals surface area contributed by atoms with Gasteiger partial charge in [-0.15, -0.1) is 11.6 Å². The minimum atomic E-state index is 0.459. The molecular formula is C9H10ClO. The predicted molar refractivity (Wildman–Crippen MR) is 46.9 cm³/mol. The molecule has 0 atom stereocenters. The van der Waals surface area contributed by atoms with Gasteiger partial charge in [-0.1, -0.05) is 12.1 Å². The van der Waals surface area contributed by atoms with E-state index in [9.17, 15) is 0 Å². The first-order valence-electron chi connectivity index (χ1n) is 3.43. The van der Waals surface area contributed by atoms with Crippen molar-refractivity contribution in [2.45, 2.75) is 5.88 Å². The van der Waals surface area contributed by atoms with Crippen LogP contribution < -0.4 is 4.74 Å². The average Bonchev–Trinajstić information content (AvgIpc) is 2.07. The van der Waals surface area contributed by atoms with Crippen LogP contribution in [0.4, 0.5) is 0 Å². The van der Waals surface area contributed by atoms with Crippen molar-refractivity contribution in [1.29, 1.82) is 0 Å². The highest BCUT2D eigenvalue weighted by molar-refractivity contribution is 6.17. The molecule has 59 valence electrons. The van der Waals surface area contributed by atoms with Crippen molar-refractivity contribution in [2.24, 2.45) is 0 Å². The first-order chi connectivity index (χ1) is 5.36. The van der Waals surface area contributed by atoms with E-state index in [0.29, 0.717) is 12.5 Å². The second kappa shape index (κ2) is 4.24. The van der Waals surface area contributed by atoms with Crippen LogP contribution in [-0.4, -0.2) is 6.61 Å². The Labute approximate surface area is 71.9 Å². The third-order valence-corrected chi connectivity index (χ3v) is 1.65. The van der Waals surface area contributed by atoms with E-state index in [1.807, 2.05) is 24.3 Å². The van der Waals surface area contributed by atoms with E-state index in [-0.39, 0.29) is 0 Å². The van der Waals surface area contributed by atoms with Gasteiger partial charge in [0, 0.05) is 5.88 Å². The summed E-state index contributed by atoms with van der Waals surface area (Å²) in [5, 5.41) is 0. The second-order valence-electron chi connectivity index (χ2n) is 2.13. The predicted octanol–water partition coefficient (Wildman–Crippen LogP) is 2.64. The molecule has 0 saturated carbocycles. The molecule has 1 nitrogen and oxygen atoms in total. The molecule has 1 aromatic carbocycles. The highest BCUT2D eigenvalue weighted by Crippen LogP contribution is 2.12. The van der Waals surface area contributed by atoms with Crippen LogP contribution in [0.15, 0.2) is 24.3 Å². The highest BCUT2D eigenvalue weighted by atomic mass is 35.5. The monoisotopic (exact) mass is 169 g/mol. The number of benzene rings is 1. The Morgan fingerprint density at radius 1 is 1.27 bits per heavy atom. The maximum atomic E-state index is 5.60. The smallest absolute Gasteiger partial charge is 0.119 e. The molecule has 0 aliphatic carbocycles. The lowest BCUT2D eigenvalue weighted by atomic mass is 10.2. The zero-order chi connectivity index (χ0) is 8.10. The molecule has 11 heavy (non-hydrogen) atoms. The van der Waals surface area contributed by atoms with Crippen LogP contribution in [0.1, 0.15) is 5.56 Å². The molecular weight excluding hydrogens is 160 g/mol. The van der Waals surface area contributed by atoms with Crippen molar-refractivity contribution >= 4 is 11.6 Å². The van der Waals surface area contributed by atoms with Crippen molar-refractivity contribution in [3.8, 4) is 5.75 Å². The van der Waals surface area contributed by atoms with Crippen molar-refractivity contribution in [3.05, 3.63) is 36.8 Å². The molecule has 0 aliphatic heterocycles. The van der Waals surface area contributed by atoms with Crippen LogP contribution in [-0.2, 0) is 5.88 Å². The maximum Gasteiger partial charge on any atom is 0.119 e. The number of hydrogen-bond acceptors (Lipinski definition) is 1. The van der Waals surface area contributed by atoms with Crippen molar-refractivity contribution in [1.82, 2.24) is 0 Å². The summed E-state index contributed by atoms with van der Waals surface area (Å²) >= 11 is 5.60. The number of rotatable bonds is 3. The minimum absolute atomic E-state index is 0.459.